The number of fused-ring (bicyclic) bond motifs is 1. The minimum absolute atomic E-state index is 0.140. The van der Waals surface area contributed by atoms with Gasteiger partial charge in [0, 0.05) is 17.6 Å². The van der Waals surface area contributed by atoms with Crippen LogP contribution in [0.25, 0.3) is 11.0 Å². The molecule has 0 spiro atoms. The van der Waals surface area contributed by atoms with Gasteiger partial charge in [0.1, 0.15) is 12.3 Å². The van der Waals surface area contributed by atoms with Crippen molar-refractivity contribution >= 4 is 28.5 Å². The molecule has 2 heterocycles. The van der Waals surface area contributed by atoms with E-state index in [1.54, 1.807) is 0 Å². The summed E-state index contributed by atoms with van der Waals surface area (Å²) in [6, 6.07) is 13.8. The summed E-state index contributed by atoms with van der Waals surface area (Å²) < 4.78 is 8.19. The second-order valence-corrected chi connectivity index (χ2v) is 8.56. The van der Waals surface area contributed by atoms with E-state index in [4.69, 9.17) is 21.3 Å². The number of aryl methyl sites for hydroxylation is 1. The zero-order chi connectivity index (χ0) is 21.3. The van der Waals surface area contributed by atoms with E-state index in [9.17, 15) is 4.79 Å². The number of imidazole rings is 1. The Labute approximate surface area is 182 Å². The average molecular weight is 426 g/mol. The second-order valence-electron chi connectivity index (χ2n) is 8.15. The highest BCUT2D eigenvalue weighted by atomic mass is 35.5. The predicted molar refractivity (Wildman–Crippen MR) is 120 cm³/mol. The van der Waals surface area contributed by atoms with Crippen LogP contribution in [0.15, 0.2) is 42.5 Å². The summed E-state index contributed by atoms with van der Waals surface area (Å²) in [6.45, 7) is 7.16. The summed E-state index contributed by atoms with van der Waals surface area (Å²) in [4.78, 5) is 20.0. The van der Waals surface area contributed by atoms with E-state index in [1.807, 2.05) is 65.8 Å². The normalized spacial score (nSPS) is 17.9. The third-order valence-corrected chi connectivity index (χ3v) is 6.33. The van der Waals surface area contributed by atoms with Crippen LogP contribution in [0.1, 0.15) is 50.6 Å². The molecule has 2 unspecified atom stereocenters. The SMILES string of the molecule is Cc1cc(OC(C)c2nc3ccccc3n2CC(=O)N2CCCCC2C)ccc1Cl. The number of rotatable bonds is 5. The van der Waals surface area contributed by atoms with Crippen molar-refractivity contribution in [1.82, 2.24) is 14.5 Å². The number of ether oxygens (including phenoxy) is 1. The molecule has 0 N–H and O–H groups in total. The second kappa shape index (κ2) is 8.68. The number of aromatic nitrogens is 2. The van der Waals surface area contributed by atoms with Crippen LogP contribution < -0.4 is 4.74 Å². The van der Waals surface area contributed by atoms with Gasteiger partial charge in [-0.25, -0.2) is 4.98 Å². The minimum atomic E-state index is -0.315. The number of carbonyl (C=O) groups is 1. The number of para-hydroxylation sites is 2. The molecule has 6 heteroatoms. The molecule has 1 saturated heterocycles. The number of hydrogen-bond acceptors (Lipinski definition) is 3. The number of halogens is 1. The van der Waals surface area contributed by atoms with Crippen LogP contribution in [0.4, 0.5) is 0 Å². The Bertz CT molecular complexity index is 1060. The van der Waals surface area contributed by atoms with Crippen LogP contribution >= 0.6 is 11.6 Å². The van der Waals surface area contributed by atoms with E-state index < -0.39 is 0 Å². The van der Waals surface area contributed by atoms with E-state index in [-0.39, 0.29) is 24.6 Å². The summed E-state index contributed by atoms with van der Waals surface area (Å²) in [5, 5.41) is 0.712. The Morgan fingerprint density at radius 2 is 2.07 bits per heavy atom. The first-order valence-corrected chi connectivity index (χ1v) is 11.0. The lowest BCUT2D eigenvalue weighted by Gasteiger charge is -2.33. The van der Waals surface area contributed by atoms with E-state index in [1.165, 1.54) is 6.42 Å². The molecule has 3 aromatic rings. The van der Waals surface area contributed by atoms with Crippen molar-refractivity contribution in [2.45, 2.75) is 58.7 Å². The Kier molecular flexibility index (Phi) is 6.00. The Morgan fingerprint density at radius 3 is 2.83 bits per heavy atom. The number of amides is 1. The van der Waals surface area contributed by atoms with Crippen molar-refractivity contribution in [2.24, 2.45) is 0 Å². The number of nitrogens with zero attached hydrogens (tertiary/aromatic N) is 3. The maximum Gasteiger partial charge on any atom is 0.242 e. The smallest absolute Gasteiger partial charge is 0.242 e. The molecule has 1 aliphatic heterocycles. The van der Waals surface area contributed by atoms with Crippen LogP contribution in [0, 0.1) is 6.92 Å². The van der Waals surface area contributed by atoms with E-state index in [0.717, 1.165) is 47.6 Å². The van der Waals surface area contributed by atoms with Gasteiger partial charge in [0.2, 0.25) is 5.91 Å². The highest BCUT2D eigenvalue weighted by Gasteiger charge is 2.26. The summed E-state index contributed by atoms with van der Waals surface area (Å²) in [6.07, 6.45) is 3.02. The van der Waals surface area contributed by atoms with Crippen molar-refractivity contribution in [1.29, 1.82) is 0 Å². The highest BCUT2D eigenvalue weighted by Crippen LogP contribution is 2.28. The van der Waals surface area contributed by atoms with Gasteiger partial charge < -0.3 is 14.2 Å². The quantitative estimate of drug-likeness (QED) is 0.539. The lowest BCUT2D eigenvalue weighted by molar-refractivity contribution is -0.135. The zero-order valence-electron chi connectivity index (χ0n) is 17.8. The summed E-state index contributed by atoms with van der Waals surface area (Å²) in [7, 11) is 0. The van der Waals surface area contributed by atoms with Gasteiger partial charge >= 0.3 is 0 Å². The van der Waals surface area contributed by atoms with Crippen LogP contribution in [-0.2, 0) is 11.3 Å². The fraction of sp³-hybridized carbons (Fsp3) is 0.417. The molecule has 2 aromatic carbocycles. The van der Waals surface area contributed by atoms with Gasteiger partial charge in [0.25, 0.3) is 0 Å². The zero-order valence-corrected chi connectivity index (χ0v) is 18.5. The van der Waals surface area contributed by atoms with Crippen LogP contribution in [0.5, 0.6) is 5.75 Å². The number of carbonyl (C=O) groups excluding carboxylic acids is 1. The van der Waals surface area contributed by atoms with Crippen LogP contribution in [0.2, 0.25) is 5.02 Å². The number of benzene rings is 2. The van der Waals surface area contributed by atoms with Crippen molar-refractivity contribution < 1.29 is 9.53 Å². The number of piperidine rings is 1. The standard InChI is InChI=1S/C24H28ClN3O2/c1-16-14-19(11-12-20(16)25)30-18(3)24-26-21-9-4-5-10-22(21)28(24)15-23(29)27-13-7-6-8-17(27)2/h4-5,9-12,14,17-18H,6-8,13,15H2,1-3H3. The molecule has 1 aromatic heterocycles. The van der Waals surface area contributed by atoms with Crippen molar-refractivity contribution in [3.63, 3.8) is 0 Å². The molecule has 4 rings (SSSR count). The molecule has 1 fully saturated rings. The van der Waals surface area contributed by atoms with Crippen molar-refractivity contribution in [3.05, 3.63) is 58.9 Å². The summed E-state index contributed by atoms with van der Waals surface area (Å²) in [5.41, 5.74) is 2.78. The molecule has 1 aliphatic rings. The lowest BCUT2D eigenvalue weighted by atomic mass is 10.0. The van der Waals surface area contributed by atoms with Gasteiger partial charge in [0.15, 0.2) is 11.9 Å². The Hall–Kier alpha value is -2.53. The van der Waals surface area contributed by atoms with Gasteiger partial charge in [-0.2, -0.15) is 0 Å². The van der Waals surface area contributed by atoms with Gasteiger partial charge in [-0.3, -0.25) is 4.79 Å². The molecular formula is C24H28ClN3O2. The van der Waals surface area contributed by atoms with Crippen molar-refractivity contribution in [2.75, 3.05) is 6.54 Å². The summed E-state index contributed by atoms with van der Waals surface area (Å²) in [5.74, 6) is 1.63. The van der Waals surface area contributed by atoms with Crippen LogP contribution in [-0.4, -0.2) is 32.9 Å². The van der Waals surface area contributed by atoms with E-state index >= 15 is 0 Å². The average Bonchev–Trinajstić information content (AvgIpc) is 3.09. The highest BCUT2D eigenvalue weighted by molar-refractivity contribution is 6.31. The predicted octanol–water partition coefficient (Wildman–Crippen LogP) is 5.54. The monoisotopic (exact) mass is 425 g/mol. The van der Waals surface area contributed by atoms with Crippen molar-refractivity contribution in [3.8, 4) is 5.75 Å². The van der Waals surface area contributed by atoms with Gasteiger partial charge in [-0.1, -0.05) is 23.7 Å². The topological polar surface area (TPSA) is 47.4 Å². The molecule has 0 bridgehead atoms. The maximum absolute atomic E-state index is 13.2. The number of likely N-dealkylation sites (tertiary alicyclic amines) is 1. The van der Waals surface area contributed by atoms with E-state index in [2.05, 4.69) is 6.92 Å². The Balaban J connectivity index is 1.64. The molecule has 0 aliphatic carbocycles. The molecular weight excluding hydrogens is 398 g/mol. The van der Waals surface area contributed by atoms with Gasteiger partial charge in [0.05, 0.1) is 11.0 Å². The first-order chi connectivity index (χ1) is 14.4. The molecule has 0 radical (unpaired) electrons. The molecule has 0 saturated carbocycles. The first-order valence-electron chi connectivity index (χ1n) is 10.6. The molecule has 5 nitrogen and oxygen atoms in total. The third-order valence-electron chi connectivity index (χ3n) is 5.91. The fourth-order valence-electron chi connectivity index (χ4n) is 4.21. The number of hydrogen-bond donors (Lipinski definition) is 0. The third kappa shape index (κ3) is 4.17. The first kappa shape index (κ1) is 20.7. The maximum atomic E-state index is 13.2. The lowest BCUT2D eigenvalue weighted by Crippen LogP contribution is -2.43. The molecule has 158 valence electrons. The van der Waals surface area contributed by atoms with Gasteiger partial charge in [-0.05, 0) is 75.9 Å². The summed E-state index contributed by atoms with van der Waals surface area (Å²) >= 11 is 6.14. The molecule has 1 amide bonds. The Morgan fingerprint density at radius 1 is 1.27 bits per heavy atom. The fourth-order valence-corrected chi connectivity index (χ4v) is 4.33. The largest absolute Gasteiger partial charge is 0.483 e. The van der Waals surface area contributed by atoms with Crippen LogP contribution in [0.3, 0.4) is 0 Å². The van der Waals surface area contributed by atoms with Gasteiger partial charge in [-0.15, -0.1) is 0 Å². The molecule has 2 atom stereocenters. The minimum Gasteiger partial charge on any atom is -0.483 e. The molecule has 30 heavy (non-hydrogen) atoms. The van der Waals surface area contributed by atoms with E-state index in [0.29, 0.717) is 5.02 Å².